The highest BCUT2D eigenvalue weighted by Gasteiger charge is 2.15. The summed E-state index contributed by atoms with van der Waals surface area (Å²) in [5.41, 5.74) is 2.42. The Morgan fingerprint density at radius 3 is 1.09 bits per heavy atom. The van der Waals surface area contributed by atoms with Crippen LogP contribution in [0.2, 0.25) is 0 Å². The van der Waals surface area contributed by atoms with Crippen molar-refractivity contribution in [3.63, 3.8) is 0 Å². The van der Waals surface area contributed by atoms with Crippen molar-refractivity contribution in [2.45, 2.75) is 104 Å². The maximum Gasteiger partial charge on any atom is 0.343 e. The van der Waals surface area contributed by atoms with E-state index in [1.807, 2.05) is 13.8 Å². The number of azo groups is 1. The van der Waals surface area contributed by atoms with Crippen molar-refractivity contribution < 1.29 is 38.1 Å². The van der Waals surface area contributed by atoms with Crippen LogP contribution in [-0.2, 0) is 9.47 Å². The summed E-state index contributed by atoms with van der Waals surface area (Å²) in [6, 6.07) is 25.4. The third-order valence-electron chi connectivity index (χ3n) is 8.63. The van der Waals surface area contributed by atoms with Crippen molar-refractivity contribution in [2.24, 2.45) is 10.2 Å². The first-order chi connectivity index (χ1) is 26.1. The van der Waals surface area contributed by atoms with E-state index in [4.69, 9.17) is 18.9 Å². The van der Waals surface area contributed by atoms with Gasteiger partial charge in [-0.2, -0.15) is 10.2 Å². The average molecular weight is 735 g/mol. The van der Waals surface area contributed by atoms with Crippen LogP contribution in [0.25, 0.3) is 0 Å². The standard InChI is InChI=1S/C44H50N2O8/c1-5-7-9-11-13-31(3)51-41(47)35-19-27-39(28-20-35)53-43(49)33-15-23-37(24-16-33)45-46-38-25-17-34(18-26-38)44(50)54-40-29-21-36(22-30-40)42(48)52-32(4)14-12-10-8-6-2/h15-32H,5-14H2,1-4H3. The zero-order valence-corrected chi connectivity index (χ0v) is 31.6. The fraction of sp³-hybridized carbons (Fsp3) is 0.364. The highest BCUT2D eigenvalue weighted by atomic mass is 16.6. The fourth-order valence-electron chi connectivity index (χ4n) is 5.43. The number of esters is 4. The van der Waals surface area contributed by atoms with Gasteiger partial charge in [0.2, 0.25) is 0 Å². The lowest BCUT2D eigenvalue weighted by Gasteiger charge is -2.13. The molecule has 0 aliphatic rings. The number of carbonyl (C=O) groups excluding carboxylic acids is 4. The van der Waals surface area contributed by atoms with Gasteiger partial charge in [0, 0.05) is 0 Å². The first-order valence-electron chi connectivity index (χ1n) is 18.8. The summed E-state index contributed by atoms with van der Waals surface area (Å²) < 4.78 is 22.0. The normalized spacial score (nSPS) is 12.1. The molecule has 54 heavy (non-hydrogen) atoms. The van der Waals surface area contributed by atoms with E-state index in [0.717, 1.165) is 51.4 Å². The summed E-state index contributed by atoms with van der Waals surface area (Å²) >= 11 is 0. The van der Waals surface area contributed by atoms with Crippen LogP contribution in [0.15, 0.2) is 107 Å². The lowest BCUT2D eigenvalue weighted by Crippen LogP contribution is -2.15. The number of hydrogen-bond donors (Lipinski definition) is 0. The summed E-state index contributed by atoms with van der Waals surface area (Å²) in [7, 11) is 0. The maximum atomic E-state index is 12.7. The Morgan fingerprint density at radius 2 is 0.759 bits per heavy atom. The van der Waals surface area contributed by atoms with Crippen molar-refractivity contribution in [1.29, 1.82) is 0 Å². The van der Waals surface area contributed by atoms with E-state index in [1.165, 1.54) is 12.8 Å². The van der Waals surface area contributed by atoms with Gasteiger partial charge >= 0.3 is 23.9 Å². The molecule has 0 radical (unpaired) electrons. The van der Waals surface area contributed by atoms with Crippen molar-refractivity contribution >= 4 is 35.3 Å². The maximum absolute atomic E-state index is 12.7. The lowest BCUT2D eigenvalue weighted by atomic mass is 10.1. The second-order valence-corrected chi connectivity index (χ2v) is 13.3. The third kappa shape index (κ3) is 13.7. The van der Waals surface area contributed by atoms with Crippen molar-refractivity contribution in [3.8, 4) is 11.5 Å². The monoisotopic (exact) mass is 734 g/mol. The molecule has 0 aromatic heterocycles. The Hall–Kier alpha value is -5.64. The molecule has 0 N–H and O–H groups in total. The molecule has 10 heteroatoms. The van der Waals surface area contributed by atoms with E-state index in [9.17, 15) is 19.2 Å². The fourth-order valence-corrected chi connectivity index (χ4v) is 5.43. The molecule has 10 nitrogen and oxygen atoms in total. The van der Waals surface area contributed by atoms with Crippen LogP contribution in [-0.4, -0.2) is 36.1 Å². The van der Waals surface area contributed by atoms with Gasteiger partial charge in [0.1, 0.15) is 11.5 Å². The van der Waals surface area contributed by atoms with Crippen LogP contribution in [0.5, 0.6) is 11.5 Å². The van der Waals surface area contributed by atoms with Crippen LogP contribution in [0, 0.1) is 0 Å². The third-order valence-corrected chi connectivity index (χ3v) is 8.63. The van der Waals surface area contributed by atoms with E-state index < -0.39 is 23.9 Å². The zero-order valence-electron chi connectivity index (χ0n) is 31.6. The van der Waals surface area contributed by atoms with Crippen molar-refractivity contribution in [1.82, 2.24) is 0 Å². The predicted molar refractivity (Wildman–Crippen MR) is 207 cm³/mol. The molecule has 0 bridgehead atoms. The summed E-state index contributed by atoms with van der Waals surface area (Å²) in [5, 5.41) is 8.42. The summed E-state index contributed by atoms with van der Waals surface area (Å²) in [6.07, 6.45) is 10.3. The topological polar surface area (TPSA) is 130 Å². The van der Waals surface area contributed by atoms with Gasteiger partial charge in [-0.05, 0) is 137 Å². The molecule has 4 aromatic rings. The van der Waals surface area contributed by atoms with Crippen LogP contribution >= 0.6 is 0 Å². The molecule has 0 spiro atoms. The molecule has 0 saturated heterocycles. The molecule has 0 saturated carbocycles. The smallest absolute Gasteiger partial charge is 0.343 e. The summed E-state index contributed by atoms with van der Waals surface area (Å²) in [5.74, 6) is -1.34. The molecular weight excluding hydrogens is 684 g/mol. The Bertz CT molecular complexity index is 1680. The van der Waals surface area contributed by atoms with Crippen LogP contribution in [0.3, 0.4) is 0 Å². The quantitative estimate of drug-likeness (QED) is 0.0379. The lowest BCUT2D eigenvalue weighted by molar-refractivity contribution is 0.0309. The van der Waals surface area contributed by atoms with Gasteiger partial charge in [-0.3, -0.25) is 0 Å². The number of benzene rings is 4. The van der Waals surface area contributed by atoms with Gasteiger partial charge in [0.25, 0.3) is 0 Å². The van der Waals surface area contributed by atoms with Crippen molar-refractivity contribution in [2.75, 3.05) is 0 Å². The number of rotatable bonds is 20. The molecular formula is C44H50N2O8. The SMILES string of the molecule is CCCCCCC(C)OC(=O)c1ccc(OC(=O)c2ccc(N=Nc3ccc(C(=O)Oc4ccc(C(=O)OC(C)CCCCCC)cc4)cc3)cc2)cc1. The molecule has 0 heterocycles. The van der Waals surface area contributed by atoms with Gasteiger partial charge in [-0.25, -0.2) is 19.2 Å². The molecule has 4 aromatic carbocycles. The molecule has 2 unspecified atom stereocenters. The number of ether oxygens (including phenoxy) is 4. The van der Waals surface area contributed by atoms with Crippen LogP contribution < -0.4 is 9.47 Å². The Balaban J connectivity index is 1.21. The molecule has 4 rings (SSSR count). The van der Waals surface area contributed by atoms with E-state index >= 15 is 0 Å². The highest BCUT2D eigenvalue weighted by molar-refractivity contribution is 5.93. The number of hydrogen-bond acceptors (Lipinski definition) is 10. The van der Waals surface area contributed by atoms with Crippen molar-refractivity contribution in [3.05, 3.63) is 119 Å². The molecule has 2 atom stereocenters. The zero-order chi connectivity index (χ0) is 38.7. The number of nitrogens with zero attached hydrogens (tertiary/aromatic N) is 2. The van der Waals surface area contributed by atoms with Crippen LogP contribution in [0.1, 0.15) is 133 Å². The first kappa shape index (κ1) is 41.1. The predicted octanol–water partition coefficient (Wildman–Crippen LogP) is 11.6. The Labute approximate surface area is 317 Å². The minimum Gasteiger partial charge on any atom is -0.459 e. The minimum atomic E-state index is -0.562. The largest absolute Gasteiger partial charge is 0.459 e. The molecule has 0 aliphatic carbocycles. The van der Waals surface area contributed by atoms with Crippen LogP contribution in [0.4, 0.5) is 11.4 Å². The average Bonchev–Trinajstić information content (AvgIpc) is 3.18. The second-order valence-electron chi connectivity index (χ2n) is 13.3. The minimum absolute atomic E-state index is 0.165. The molecule has 0 fully saturated rings. The van der Waals surface area contributed by atoms with E-state index in [2.05, 4.69) is 24.1 Å². The second kappa shape index (κ2) is 21.8. The summed E-state index contributed by atoms with van der Waals surface area (Å²) in [6.45, 7) is 8.11. The molecule has 284 valence electrons. The van der Waals surface area contributed by atoms with Gasteiger partial charge in [0.05, 0.1) is 45.8 Å². The van der Waals surface area contributed by atoms with Gasteiger partial charge in [0.15, 0.2) is 0 Å². The highest BCUT2D eigenvalue weighted by Crippen LogP contribution is 2.22. The van der Waals surface area contributed by atoms with Gasteiger partial charge in [-0.1, -0.05) is 52.4 Å². The Kier molecular flexibility index (Phi) is 16.6. The van der Waals surface area contributed by atoms with Gasteiger partial charge in [-0.15, -0.1) is 0 Å². The first-order valence-corrected chi connectivity index (χ1v) is 18.8. The number of carbonyl (C=O) groups is 4. The Morgan fingerprint density at radius 1 is 0.444 bits per heavy atom. The van der Waals surface area contributed by atoms with E-state index in [0.29, 0.717) is 45.1 Å². The van der Waals surface area contributed by atoms with E-state index in [-0.39, 0.29) is 12.2 Å². The van der Waals surface area contributed by atoms with Gasteiger partial charge < -0.3 is 18.9 Å². The molecule has 0 aliphatic heterocycles. The number of unbranched alkanes of at least 4 members (excludes halogenated alkanes) is 6. The summed E-state index contributed by atoms with van der Waals surface area (Å²) in [4.78, 5) is 50.4. The van der Waals surface area contributed by atoms with E-state index in [1.54, 1.807) is 97.1 Å². The molecule has 0 amide bonds.